The molecule has 6 nitrogen and oxygen atoms in total. The molecule has 3 rings (SSSR count). The lowest BCUT2D eigenvalue weighted by Gasteiger charge is -2.26. The van der Waals surface area contributed by atoms with Gasteiger partial charge in [0.25, 0.3) is 5.56 Å². The second-order valence-corrected chi connectivity index (χ2v) is 6.27. The van der Waals surface area contributed by atoms with Gasteiger partial charge in [-0.1, -0.05) is 18.2 Å². The highest BCUT2D eigenvalue weighted by Gasteiger charge is 2.23. The van der Waals surface area contributed by atoms with Crippen molar-refractivity contribution in [2.45, 2.75) is 39.7 Å². The fourth-order valence-corrected chi connectivity index (χ4v) is 3.11. The molecule has 1 amide bonds. The maximum absolute atomic E-state index is 12.3. The van der Waals surface area contributed by atoms with E-state index in [4.69, 9.17) is 4.74 Å². The summed E-state index contributed by atoms with van der Waals surface area (Å²) in [5.41, 5.74) is 3.69. The van der Waals surface area contributed by atoms with Gasteiger partial charge in [0.2, 0.25) is 5.91 Å². The van der Waals surface area contributed by atoms with Gasteiger partial charge in [-0.15, -0.1) is 0 Å². The summed E-state index contributed by atoms with van der Waals surface area (Å²) in [5, 5.41) is 5.45. The van der Waals surface area contributed by atoms with E-state index in [1.54, 1.807) is 4.90 Å². The van der Waals surface area contributed by atoms with E-state index in [2.05, 4.69) is 10.2 Å². The smallest absolute Gasteiger partial charge is 0.269 e. The van der Waals surface area contributed by atoms with Crippen LogP contribution in [0.5, 0.6) is 5.75 Å². The van der Waals surface area contributed by atoms with Crippen LogP contribution in [0.4, 0.5) is 0 Å². The summed E-state index contributed by atoms with van der Waals surface area (Å²) >= 11 is 0. The number of hydrogen-bond acceptors (Lipinski definition) is 3. The number of amides is 1. The molecule has 0 radical (unpaired) electrons. The van der Waals surface area contributed by atoms with Crippen LogP contribution in [0.15, 0.2) is 23.0 Å². The van der Waals surface area contributed by atoms with Gasteiger partial charge in [0, 0.05) is 25.1 Å². The van der Waals surface area contributed by atoms with Crippen molar-refractivity contribution in [3.63, 3.8) is 0 Å². The van der Waals surface area contributed by atoms with Gasteiger partial charge in [0.1, 0.15) is 5.75 Å². The van der Waals surface area contributed by atoms with E-state index < -0.39 is 0 Å². The number of nitrogens with zero attached hydrogens (tertiary/aromatic N) is 1. The van der Waals surface area contributed by atoms with Gasteiger partial charge in [-0.25, -0.2) is 0 Å². The number of carbonyl (C=O) groups excluding carboxylic acids is 1. The number of benzene rings is 1. The molecule has 0 spiro atoms. The molecule has 1 aliphatic rings. The molecule has 24 heavy (non-hydrogen) atoms. The third kappa shape index (κ3) is 3.37. The van der Waals surface area contributed by atoms with Crippen molar-refractivity contribution in [1.82, 2.24) is 15.1 Å². The number of carbonyl (C=O) groups is 1. The Bertz CT molecular complexity index is 771. The quantitative estimate of drug-likeness (QED) is 0.824. The summed E-state index contributed by atoms with van der Waals surface area (Å²) in [6.45, 7) is 5.60. The molecule has 1 aromatic carbocycles. The number of aryl methyl sites for hydroxylation is 2. The van der Waals surface area contributed by atoms with Crippen molar-refractivity contribution in [3.8, 4) is 5.75 Å². The first-order valence-corrected chi connectivity index (χ1v) is 8.31. The van der Waals surface area contributed by atoms with Crippen LogP contribution in [-0.4, -0.2) is 34.2 Å². The fourth-order valence-electron chi connectivity index (χ4n) is 3.11. The molecular weight excluding hydrogens is 306 g/mol. The lowest BCUT2D eigenvalue weighted by Crippen LogP contribution is -2.37. The third-order valence-corrected chi connectivity index (χ3v) is 4.49. The van der Waals surface area contributed by atoms with Crippen molar-refractivity contribution >= 4 is 5.91 Å². The highest BCUT2D eigenvalue weighted by atomic mass is 16.5. The number of hydrogen-bond donors (Lipinski definition) is 2. The number of para-hydroxylation sites is 1. The zero-order valence-corrected chi connectivity index (χ0v) is 14.1. The highest BCUT2D eigenvalue weighted by Crippen LogP contribution is 2.22. The number of fused-ring (bicyclic) bond motifs is 1. The molecule has 0 fully saturated rings. The Morgan fingerprint density at radius 1 is 1.25 bits per heavy atom. The van der Waals surface area contributed by atoms with Crippen LogP contribution in [0, 0.1) is 13.8 Å². The standard InChI is InChI=1S/C18H23N3O3/c1-12-5-3-6-13(2)17(12)24-10-4-7-16(22)21-9-8-15-14(11-21)18(23)20-19-15/h3,5-6H,4,7-11H2,1-2H3,(H2,19,20,23). The summed E-state index contributed by atoms with van der Waals surface area (Å²) in [6.07, 6.45) is 1.79. The molecule has 128 valence electrons. The van der Waals surface area contributed by atoms with Gasteiger partial charge in [0.15, 0.2) is 0 Å². The monoisotopic (exact) mass is 329 g/mol. The predicted octanol–water partition coefficient (Wildman–Crippen LogP) is 2.06. The molecule has 0 unspecified atom stereocenters. The number of aromatic amines is 2. The van der Waals surface area contributed by atoms with Crippen LogP contribution in [0.1, 0.15) is 35.2 Å². The topological polar surface area (TPSA) is 78.2 Å². The molecule has 2 heterocycles. The maximum atomic E-state index is 12.3. The summed E-state index contributed by atoms with van der Waals surface area (Å²) in [5.74, 6) is 0.984. The third-order valence-electron chi connectivity index (χ3n) is 4.49. The molecule has 0 saturated carbocycles. The minimum atomic E-state index is -0.124. The highest BCUT2D eigenvalue weighted by molar-refractivity contribution is 5.76. The Hall–Kier alpha value is -2.50. The Kier molecular flexibility index (Phi) is 4.74. The molecule has 1 aromatic heterocycles. The summed E-state index contributed by atoms with van der Waals surface area (Å²) in [4.78, 5) is 25.8. The van der Waals surface area contributed by atoms with Gasteiger partial charge in [-0.05, 0) is 31.4 Å². The van der Waals surface area contributed by atoms with E-state index in [0.29, 0.717) is 44.5 Å². The van der Waals surface area contributed by atoms with Crippen molar-refractivity contribution in [3.05, 3.63) is 50.9 Å². The van der Waals surface area contributed by atoms with Crippen molar-refractivity contribution in [2.75, 3.05) is 13.2 Å². The van der Waals surface area contributed by atoms with Crippen LogP contribution in [0.2, 0.25) is 0 Å². The SMILES string of the molecule is Cc1cccc(C)c1OCCCC(=O)N1CCc2[nH][nH]c(=O)c2C1. The number of rotatable bonds is 5. The van der Waals surface area contributed by atoms with Gasteiger partial charge in [-0.3, -0.25) is 14.7 Å². The van der Waals surface area contributed by atoms with E-state index in [9.17, 15) is 9.59 Å². The Balaban J connectivity index is 1.48. The van der Waals surface area contributed by atoms with Gasteiger partial charge >= 0.3 is 0 Å². The fraction of sp³-hybridized carbons (Fsp3) is 0.444. The molecule has 1 aliphatic heterocycles. The van der Waals surface area contributed by atoms with Crippen LogP contribution in [0.25, 0.3) is 0 Å². The summed E-state index contributed by atoms with van der Waals surface area (Å²) < 4.78 is 5.84. The molecule has 2 aromatic rings. The maximum Gasteiger partial charge on any atom is 0.269 e. The van der Waals surface area contributed by atoms with Crippen LogP contribution < -0.4 is 10.3 Å². The largest absolute Gasteiger partial charge is 0.493 e. The number of H-pyrrole nitrogens is 2. The Morgan fingerprint density at radius 3 is 2.75 bits per heavy atom. The molecule has 0 aliphatic carbocycles. The Morgan fingerprint density at radius 2 is 2.00 bits per heavy atom. The number of nitrogens with one attached hydrogen (secondary N) is 2. The van der Waals surface area contributed by atoms with Gasteiger partial charge in [-0.2, -0.15) is 0 Å². The minimum absolute atomic E-state index is 0.0753. The molecule has 6 heteroatoms. The van der Waals surface area contributed by atoms with Gasteiger partial charge in [0.05, 0.1) is 18.7 Å². The van der Waals surface area contributed by atoms with Gasteiger partial charge < -0.3 is 14.7 Å². The van der Waals surface area contributed by atoms with E-state index >= 15 is 0 Å². The van der Waals surface area contributed by atoms with E-state index in [1.165, 1.54) is 0 Å². The van der Waals surface area contributed by atoms with Crippen molar-refractivity contribution in [2.24, 2.45) is 0 Å². The molecule has 0 bridgehead atoms. The van der Waals surface area contributed by atoms with E-state index in [0.717, 1.165) is 22.6 Å². The van der Waals surface area contributed by atoms with E-state index in [1.807, 2.05) is 32.0 Å². The first kappa shape index (κ1) is 16.4. The molecule has 0 atom stereocenters. The first-order valence-electron chi connectivity index (χ1n) is 8.31. The zero-order chi connectivity index (χ0) is 17.1. The second-order valence-electron chi connectivity index (χ2n) is 6.27. The summed E-state index contributed by atoms with van der Waals surface area (Å²) in [7, 11) is 0. The van der Waals surface area contributed by atoms with Crippen LogP contribution in [0.3, 0.4) is 0 Å². The molecule has 0 saturated heterocycles. The van der Waals surface area contributed by atoms with Crippen LogP contribution >= 0.6 is 0 Å². The van der Waals surface area contributed by atoms with Crippen LogP contribution in [-0.2, 0) is 17.8 Å². The predicted molar refractivity (Wildman–Crippen MR) is 91.2 cm³/mol. The van der Waals surface area contributed by atoms with E-state index in [-0.39, 0.29) is 11.5 Å². The lowest BCUT2D eigenvalue weighted by atomic mass is 10.1. The lowest BCUT2D eigenvalue weighted by molar-refractivity contribution is -0.132. The number of ether oxygens (including phenoxy) is 1. The minimum Gasteiger partial charge on any atom is -0.493 e. The first-order chi connectivity index (χ1) is 11.6. The van der Waals surface area contributed by atoms with Crippen molar-refractivity contribution in [1.29, 1.82) is 0 Å². The average Bonchev–Trinajstić information content (AvgIpc) is 2.94. The van der Waals surface area contributed by atoms with Crippen molar-refractivity contribution < 1.29 is 9.53 Å². The zero-order valence-electron chi connectivity index (χ0n) is 14.1. The Labute approximate surface area is 140 Å². The normalized spacial score (nSPS) is 13.7. The average molecular weight is 329 g/mol. The molecule has 2 N–H and O–H groups in total. The number of aromatic nitrogens is 2. The second kappa shape index (κ2) is 6.95. The summed E-state index contributed by atoms with van der Waals surface area (Å²) in [6, 6.07) is 6.05. The molecular formula is C18H23N3O3.